The van der Waals surface area contributed by atoms with Gasteiger partial charge in [0.2, 0.25) is 0 Å². The van der Waals surface area contributed by atoms with E-state index < -0.39 is 0 Å². The first kappa shape index (κ1) is 23.9. The lowest BCUT2D eigenvalue weighted by Crippen LogP contribution is -2.28. The van der Waals surface area contributed by atoms with Gasteiger partial charge in [-0.15, -0.1) is 0 Å². The summed E-state index contributed by atoms with van der Waals surface area (Å²) in [6, 6.07) is 32.0. The van der Waals surface area contributed by atoms with Gasteiger partial charge in [-0.3, -0.25) is 9.69 Å². The summed E-state index contributed by atoms with van der Waals surface area (Å²) in [5, 5.41) is 2.80. The number of ether oxygens (including phenoxy) is 1. The zero-order valence-electron chi connectivity index (χ0n) is 20.3. The lowest BCUT2D eigenvalue weighted by atomic mass is 10.0. The molecule has 0 aromatic heterocycles. The van der Waals surface area contributed by atoms with E-state index in [0.29, 0.717) is 23.2 Å². The number of thioether (sulfide) groups is 1. The van der Waals surface area contributed by atoms with Crippen LogP contribution in [0.5, 0.6) is 5.75 Å². The summed E-state index contributed by atoms with van der Waals surface area (Å²) in [6.45, 7) is 3.33. The molecule has 1 amide bonds. The maximum absolute atomic E-state index is 13.6. The summed E-state index contributed by atoms with van der Waals surface area (Å²) >= 11 is 1.42. The fourth-order valence-electron chi connectivity index (χ4n) is 4.12. The summed E-state index contributed by atoms with van der Waals surface area (Å²) in [6.07, 6.45) is 4.09. The predicted molar refractivity (Wildman–Crippen MR) is 150 cm³/mol. The lowest BCUT2D eigenvalue weighted by molar-refractivity contribution is -0.122. The Morgan fingerprint density at radius 2 is 1.56 bits per heavy atom. The van der Waals surface area contributed by atoms with E-state index in [2.05, 4.69) is 19.1 Å². The molecule has 0 N–H and O–H groups in total. The Morgan fingerprint density at radius 1 is 0.861 bits per heavy atom. The first-order chi connectivity index (χ1) is 17.7. The van der Waals surface area contributed by atoms with Crippen molar-refractivity contribution >= 4 is 45.4 Å². The third-order valence-electron chi connectivity index (χ3n) is 6.01. The maximum Gasteiger partial charge on any atom is 0.267 e. The van der Waals surface area contributed by atoms with Crippen LogP contribution in [0.25, 0.3) is 16.8 Å². The van der Waals surface area contributed by atoms with Crippen molar-refractivity contribution < 1.29 is 9.53 Å². The van der Waals surface area contributed by atoms with Crippen molar-refractivity contribution in [3.8, 4) is 5.75 Å². The van der Waals surface area contributed by atoms with E-state index in [1.165, 1.54) is 11.8 Å². The number of unbranched alkanes of at least 4 members (excludes halogenated alkanes) is 1. The van der Waals surface area contributed by atoms with Gasteiger partial charge in [-0.1, -0.05) is 92.2 Å². The number of benzene rings is 4. The number of hydrogen-bond acceptors (Lipinski definition) is 4. The average Bonchev–Trinajstić information content (AvgIpc) is 3.20. The van der Waals surface area contributed by atoms with Crippen molar-refractivity contribution in [3.05, 3.63) is 113 Å². The molecular weight excluding hydrogens is 464 g/mol. The third kappa shape index (κ3) is 5.37. The second-order valence-corrected chi connectivity index (χ2v) is 9.63. The summed E-state index contributed by atoms with van der Waals surface area (Å²) in [7, 11) is 0. The molecule has 0 aliphatic carbocycles. The van der Waals surface area contributed by atoms with Gasteiger partial charge >= 0.3 is 0 Å². The number of rotatable bonds is 8. The van der Waals surface area contributed by atoms with Crippen molar-refractivity contribution in [1.82, 2.24) is 4.90 Å². The van der Waals surface area contributed by atoms with Crippen LogP contribution in [0.15, 0.2) is 107 Å². The molecule has 0 saturated carbocycles. The highest BCUT2D eigenvalue weighted by molar-refractivity contribution is 8.18. The van der Waals surface area contributed by atoms with E-state index in [0.717, 1.165) is 46.2 Å². The molecule has 180 valence electrons. The van der Waals surface area contributed by atoms with Gasteiger partial charge in [-0.25, -0.2) is 4.99 Å². The van der Waals surface area contributed by atoms with Gasteiger partial charge in [0.15, 0.2) is 5.17 Å². The van der Waals surface area contributed by atoms with Crippen molar-refractivity contribution in [2.24, 2.45) is 4.99 Å². The van der Waals surface area contributed by atoms with Crippen LogP contribution in [-0.4, -0.2) is 22.6 Å². The van der Waals surface area contributed by atoms with Gasteiger partial charge in [-0.05, 0) is 59.0 Å². The zero-order valence-corrected chi connectivity index (χ0v) is 21.1. The van der Waals surface area contributed by atoms with Crippen molar-refractivity contribution in [2.75, 3.05) is 6.61 Å². The number of para-hydroxylation sites is 1. The zero-order chi connectivity index (χ0) is 24.7. The maximum atomic E-state index is 13.6. The Hall–Kier alpha value is -3.83. The topological polar surface area (TPSA) is 41.9 Å². The lowest BCUT2D eigenvalue weighted by Gasteiger charge is -2.15. The first-order valence-electron chi connectivity index (χ1n) is 12.3. The average molecular weight is 493 g/mol. The monoisotopic (exact) mass is 492 g/mol. The van der Waals surface area contributed by atoms with Gasteiger partial charge in [-0.2, -0.15) is 0 Å². The highest BCUT2D eigenvalue weighted by Gasteiger charge is 2.33. The second kappa shape index (κ2) is 11.3. The Balaban J connectivity index is 1.51. The molecule has 0 bridgehead atoms. The molecule has 1 saturated heterocycles. The standard InChI is InChI=1S/C31H28N2O2S/c1-2-3-20-35-28-19-18-24(26-16-10-11-17-27(26)28)21-29-30(34)33(22-23-12-6-4-7-13-23)31(36-29)32-25-14-8-5-9-15-25/h4-19,21H,2-3,20,22H2,1H3/b29-21+,32-31?. The van der Waals surface area contributed by atoms with Crippen LogP contribution in [0.2, 0.25) is 0 Å². The van der Waals surface area contributed by atoms with Crippen LogP contribution in [0, 0.1) is 0 Å². The molecule has 4 aromatic carbocycles. The number of carbonyl (C=O) groups excluding carboxylic acids is 1. The van der Waals surface area contributed by atoms with Crippen LogP contribution in [0.4, 0.5) is 5.69 Å². The van der Waals surface area contributed by atoms with E-state index in [4.69, 9.17) is 9.73 Å². The molecule has 1 aliphatic rings. The molecule has 0 spiro atoms. The molecule has 0 radical (unpaired) electrons. The minimum atomic E-state index is -0.0362. The molecular formula is C31H28N2O2S. The molecule has 4 nitrogen and oxygen atoms in total. The van der Waals surface area contributed by atoms with Crippen LogP contribution in [0.3, 0.4) is 0 Å². The van der Waals surface area contributed by atoms with Gasteiger partial charge in [0.25, 0.3) is 5.91 Å². The van der Waals surface area contributed by atoms with Gasteiger partial charge in [0.1, 0.15) is 5.75 Å². The predicted octanol–water partition coefficient (Wildman–Crippen LogP) is 7.82. The Morgan fingerprint density at radius 3 is 2.31 bits per heavy atom. The molecule has 5 heteroatoms. The third-order valence-corrected chi connectivity index (χ3v) is 7.02. The number of carbonyl (C=O) groups is 1. The van der Waals surface area contributed by atoms with Crippen LogP contribution >= 0.6 is 11.8 Å². The molecule has 1 fully saturated rings. The quantitative estimate of drug-likeness (QED) is 0.186. The van der Waals surface area contributed by atoms with E-state index in [1.54, 1.807) is 4.90 Å². The number of nitrogens with zero attached hydrogens (tertiary/aromatic N) is 2. The van der Waals surface area contributed by atoms with E-state index in [-0.39, 0.29) is 5.91 Å². The smallest absolute Gasteiger partial charge is 0.267 e. The van der Waals surface area contributed by atoms with Gasteiger partial charge in [0, 0.05) is 5.39 Å². The fourth-order valence-corrected chi connectivity index (χ4v) is 5.11. The van der Waals surface area contributed by atoms with E-state index >= 15 is 0 Å². The molecule has 0 atom stereocenters. The van der Waals surface area contributed by atoms with Crippen molar-refractivity contribution in [3.63, 3.8) is 0 Å². The summed E-state index contributed by atoms with van der Waals surface area (Å²) in [4.78, 5) is 20.9. The fraction of sp³-hybridized carbons (Fsp3) is 0.161. The van der Waals surface area contributed by atoms with Crippen molar-refractivity contribution in [1.29, 1.82) is 0 Å². The number of amides is 1. The summed E-state index contributed by atoms with van der Waals surface area (Å²) in [5.41, 5.74) is 2.88. The van der Waals surface area contributed by atoms with Gasteiger partial charge in [0.05, 0.1) is 23.7 Å². The van der Waals surface area contributed by atoms with Crippen LogP contribution in [0.1, 0.15) is 30.9 Å². The Bertz CT molecular complexity index is 1410. The molecule has 0 unspecified atom stereocenters. The first-order valence-corrected chi connectivity index (χ1v) is 13.1. The van der Waals surface area contributed by atoms with Crippen LogP contribution in [-0.2, 0) is 11.3 Å². The van der Waals surface area contributed by atoms with Gasteiger partial charge < -0.3 is 4.74 Å². The normalized spacial score (nSPS) is 15.8. The molecule has 1 aliphatic heterocycles. The molecule has 4 aromatic rings. The molecule has 5 rings (SSSR count). The molecule has 1 heterocycles. The van der Waals surface area contributed by atoms with Crippen molar-refractivity contribution in [2.45, 2.75) is 26.3 Å². The summed E-state index contributed by atoms with van der Waals surface area (Å²) in [5.74, 6) is 0.842. The minimum absolute atomic E-state index is 0.0362. The SMILES string of the molecule is CCCCOc1ccc(/C=C2/SC(=Nc3ccccc3)N(Cc3ccccc3)C2=O)c2ccccc12. The van der Waals surface area contributed by atoms with E-state index in [9.17, 15) is 4.79 Å². The Kier molecular flexibility index (Phi) is 7.48. The van der Waals surface area contributed by atoms with E-state index in [1.807, 2.05) is 91.0 Å². The highest BCUT2D eigenvalue weighted by atomic mass is 32.2. The largest absolute Gasteiger partial charge is 0.493 e. The number of fused-ring (bicyclic) bond motifs is 1. The van der Waals surface area contributed by atoms with Crippen LogP contribution < -0.4 is 4.74 Å². The second-order valence-electron chi connectivity index (χ2n) is 8.62. The Labute approximate surface area is 216 Å². The highest BCUT2D eigenvalue weighted by Crippen LogP contribution is 2.37. The molecule has 36 heavy (non-hydrogen) atoms. The number of amidine groups is 1. The summed E-state index contributed by atoms with van der Waals surface area (Å²) < 4.78 is 6.05. The number of hydrogen-bond donors (Lipinski definition) is 0. The minimum Gasteiger partial charge on any atom is -0.493 e. The number of aliphatic imine (C=N–C) groups is 1.